The number of amides is 2. The summed E-state index contributed by atoms with van der Waals surface area (Å²) >= 11 is 0. The number of phenols is 1. The van der Waals surface area contributed by atoms with Crippen LogP contribution in [0.25, 0.3) is 5.57 Å². The summed E-state index contributed by atoms with van der Waals surface area (Å²) in [6.45, 7) is 11.7. The lowest BCUT2D eigenvalue weighted by molar-refractivity contribution is -0.128. The maximum absolute atomic E-state index is 12.6. The first-order chi connectivity index (χ1) is 12.0. The van der Waals surface area contributed by atoms with E-state index in [1.165, 1.54) is 15.9 Å². The van der Waals surface area contributed by atoms with Crippen LogP contribution in [0.3, 0.4) is 0 Å². The summed E-state index contributed by atoms with van der Waals surface area (Å²) in [6, 6.07) is 4.77. The smallest absolute Gasteiger partial charge is 0.414 e. The molecule has 0 spiro atoms. The van der Waals surface area contributed by atoms with Gasteiger partial charge >= 0.3 is 6.09 Å². The van der Waals surface area contributed by atoms with Crippen LogP contribution in [-0.2, 0) is 9.53 Å². The molecule has 1 N–H and O–H groups in total. The van der Waals surface area contributed by atoms with Gasteiger partial charge in [-0.15, -0.1) is 0 Å². The number of aromatic hydroxyl groups is 1. The lowest BCUT2D eigenvalue weighted by Crippen LogP contribution is -2.37. The normalized spacial score (nSPS) is 11.0. The van der Waals surface area contributed by atoms with Gasteiger partial charge in [-0.3, -0.25) is 9.69 Å². The molecule has 1 aromatic rings. The second-order valence-electron chi connectivity index (χ2n) is 7.32. The lowest BCUT2D eigenvalue weighted by atomic mass is 9.99. The highest BCUT2D eigenvalue weighted by molar-refractivity contribution is 5.93. The summed E-state index contributed by atoms with van der Waals surface area (Å²) in [5.41, 5.74) is 1.32. The largest absolute Gasteiger partial charge is 0.508 e. The minimum atomic E-state index is -0.628. The van der Waals surface area contributed by atoms with Crippen molar-refractivity contribution < 1.29 is 19.4 Å². The quantitative estimate of drug-likeness (QED) is 0.829. The van der Waals surface area contributed by atoms with Crippen LogP contribution < -0.4 is 4.90 Å². The van der Waals surface area contributed by atoms with Gasteiger partial charge in [0.1, 0.15) is 11.4 Å². The third-order valence-corrected chi connectivity index (χ3v) is 3.72. The third kappa shape index (κ3) is 6.10. The van der Waals surface area contributed by atoms with Gasteiger partial charge in [-0.25, -0.2) is 4.79 Å². The average Bonchev–Trinajstić information content (AvgIpc) is 2.51. The Labute approximate surface area is 156 Å². The number of ether oxygens (including phenoxy) is 1. The summed E-state index contributed by atoms with van der Waals surface area (Å²) in [6.07, 6.45) is 0.287. The van der Waals surface area contributed by atoms with Crippen molar-refractivity contribution in [2.45, 2.75) is 46.1 Å². The monoisotopic (exact) mass is 362 g/mol. The van der Waals surface area contributed by atoms with Gasteiger partial charge in [0.05, 0.1) is 5.69 Å². The average molecular weight is 362 g/mol. The molecule has 6 nitrogen and oxygen atoms in total. The van der Waals surface area contributed by atoms with Gasteiger partial charge in [-0.05, 0) is 51.8 Å². The molecule has 0 heterocycles. The Hall–Kier alpha value is -2.50. The Morgan fingerprint density at radius 3 is 2.31 bits per heavy atom. The minimum absolute atomic E-state index is 0.00553. The van der Waals surface area contributed by atoms with Crippen molar-refractivity contribution in [3.63, 3.8) is 0 Å². The molecule has 0 aliphatic carbocycles. The molecule has 144 valence electrons. The maximum atomic E-state index is 12.6. The number of carbonyl (C=O) groups excluding carboxylic acids is 2. The van der Waals surface area contributed by atoms with Gasteiger partial charge in [-0.1, -0.05) is 6.58 Å². The van der Waals surface area contributed by atoms with Crippen LogP contribution in [0.4, 0.5) is 10.5 Å². The van der Waals surface area contributed by atoms with E-state index >= 15 is 0 Å². The molecule has 0 atom stereocenters. The zero-order valence-electron chi connectivity index (χ0n) is 16.6. The summed E-state index contributed by atoms with van der Waals surface area (Å²) in [5, 5.41) is 9.90. The third-order valence-electron chi connectivity index (χ3n) is 3.72. The fourth-order valence-corrected chi connectivity index (χ4v) is 2.37. The molecule has 0 aromatic heterocycles. The molecule has 0 bridgehead atoms. The van der Waals surface area contributed by atoms with Crippen LogP contribution in [0.2, 0.25) is 0 Å². The van der Waals surface area contributed by atoms with E-state index in [9.17, 15) is 14.7 Å². The van der Waals surface area contributed by atoms with Crippen molar-refractivity contribution in [3.8, 4) is 5.75 Å². The summed E-state index contributed by atoms with van der Waals surface area (Å²) in [7, 11) is 3.41. The van der Waals surface area contributed by atoms with Crippen LogP contribution in [0.1, 0.15) is 46.1 Å². The van der Waals surface area contributed by atoms with Crippen LogP contribution in [0.15, 0.2) is 24.8 Å². The van der Waals surface area contributed by atoms with E-state index in [2.05, 4.69) is 6.58 Å². The predicted octanol–water partition coefficient (Wildman–Crippen LogP) is 4.04. The molecular formula is C20H30N2O4. The highest BCUT2D eigenvalue weighted by Crippen LogP contribution is 2.33. The fraction of sp³-hybridized carbons (Fsp3) is 0.500. The Balaban J connectivity index is 3.13. The molecule has 0 aliphatic heterocycles. The Morgan fingerprint density at radius 1 is 1.19 bits per heavy atom. The number of anilines is 1. The maximum Gasteiger partial charge on any atom is 0.414 e. The van der Waals surface area contributed by atoms with Gasteiger partial charge < -0.3 is 14.7 Å². The van der Waals surface area contributed by atoms with Crippen molar-refractivity contribution in [2.24, 2.45) is 0 Å². The zero-order chi connectivity index (χ0) is 20.1. The lowest BCUT2D eigenvalue weighted by Gasteiger charge is -2.28. The van der Waals surface area contributed by atoms with Crippen LogP contribution >= 0.6 is 0 Å². The highest BCUT2D eigenvalue weighted by atomic mass is 16.6. The minimum Gasteiger partial charge on any atom is -0.508 e. The number of nitrogens with zero attached hydrogens (tertiary/aromatic N) is 2. The SMILES string of the molecule is C=C(CCC(=O)N(C)C)c1ccc(O)cc1N(CC)C(=O)OC(C)(C)C. The summed E-state index contributed by atoms with van der Waals surface area (Å²) in [4.78, 5) is 27.4. The zero-order valence-corrected chi connectivity index (χ0v) is 16.6. The second kappa shape index (κ2) is 8.74. The molecule has 0 unspecified atom stereocenters. The van der Waals surface area contributed by atoms with Crippen LogP contribution in [0.5, 0.6) is 5.75 Å². The Kier molecular flexibility index (Phi) is 7.24. The predicted molar refractivity (Wildman–Crippen MR) is 104 cm³/mol. The summed E-state index contributed by atoms with van der Waals surface area (Å²) < 4.78 is 5.46. The van der Waals surface area contributed by atoms with E-state index in [1.807, 2.05) is 6.92 Å². The van der Waals surface area contributed by atoms with Crippen LogP contribution in [-0.4, -0.2) is 48.2 Å². The number of hydrogen-bond donors (Lipinski definition) is 1. The van der Waals surface area contributed by atoms with Crippen LogP contribution in [0, 0.1) is 0 Å². The standard InChI is InChI=1S/C20H30N2O4/c1-8-22(19(25)26-20(3,4)5)17-13-15(23)10-11-16(17)14(2)9-12-18(24)21(6)7/h10-11,13,23H,2,8-9,12H2,1,3-7H3. The number of carbonyl (C=O) groups is 2. The second-order valence-corrected chi connectivity index (χ2v) is 7.32. The number of benzene rings is 1. The molecule has 0 saturated carbocycles. The van der Waals surface area contributed by atoms with E-state index in [0.717, 1.165) is 5.57 Å². The first-order valence-corrected chi connectivity index (χ1v) is 8.68. The first-order valence-electron chi connectivity index (χ1n) is 8.68. The first kappa shape index (κ1) is 21.5. The molecule has 2 amide bonds. The summed E-state index contributed by atoms with van der Waals surface area (Å²) in [5.74, 6) is 0.0499. The van der Waals surface area contributed by atoms with E-state index < -0.39 is 11.7 Å². The molecule has 26 heavy (non-hydrogen) atoms. The van der Waals surface area contributed by atoms with Crippen molar-refractivity contribution in [1.29, 1.82) is 0 Å². The van der Waals surface area contributed by atoms with Crippen molar-refractivity contribution >= 4 is 23.3 Å². The molecule has 0 aliphatic rings. The van der Waals surface area contributed by atoms with Gasteiger partial charge in [-0.2, -0.15) is 0 Å². The molecule has 1 rings (SSSR count). The molecule has 0 fully saturated rings. The Morgan fingerprint density at radius 2 is 1.81 bits per heavy atom. The van der Waals surface area contributed by atoms with Crippen molar-refractivity contribution in [3.05, 3.63) is 30.3 Å². The van der Waals surface area contributed by atoms with E-state index in [0.29, 0.717) is 30.6 Å². The number of rotatable bonds is 6. The van der Waals surface area contributed by atoms with Gasteiger partial charge in [0.15, 0.2) is 0 Å². The van der Waals surface area contributed by atoms with Gasteiger partial charge in [0, 0.05) is 38.7 Å². The fourth-order valence-electron chi connectivity index (χ4n) is 2.37. The van der Waals surface area contributed by atoms with E-state index in [-0.39, 0.29) is 11.7 Å². The molecular weight excluding hydrogens is 332 g/mol. The highest BCUT2D eigenvalue weighted by Gasteiger charge is 2.25. The van der Waals surface area contributed by atoms with Gasteiger partial charge in [0.25, 0.3) is 0 Å². The molecule has 0 saturated heterocycles. The van der Waals surface area contributed by atoms with Crippen molar-refractivity contribution in [1.82, 2.24) is 4.90 Å². The number of allylic oxidation sites excluding steroid dienone is 1. The topological polar surface area (TPSA) is 70.1 Å². The number of phenolic OH excluding ortho intramolecular Hbond substituents is 1. The molecule has 1 aromatic carbocycles. The number of hydrogen-bond acceptors (Lipinski definition) is 4. The van der Waals surface area contributed by atoms with E-state index in [1.54, 1.807) is 47.0 Å². The Bertz CT molecular complexity index is 675. The molecule has 0 radical (unpaired) electrons. The van der Waals surface area contributed by atoms with E-state index in [4.69, 9.17) is 4.74 Å². The molecule has 6 heteroatoms. The van der Waals surface area contributed by atoms with Gasteiger partial charge in [0.2, 0.25) is 5.91 Å². The van der Waals surface area contributed by atoms with Crippen molar-refractivity contribution in [2.75, 3.05) is 25.5 Å².